The number of hydrogen-bond acceptors (Lipinski definition) is 11. The predicted molar refractivity (Wildman–Crippen MR) is 273 cm³/mol. The number of urea groups is 2. The fraction of sp³-hybridized carbons (Fsp3) is 0.386. The van der Waals surface area contributed by atoms with E-state index in [0.717, 1.165) is 103 Å². The van der Waals surface area contributed by atoms with Crippen LogP contribution in [-0.2, 0) is 51.3 Å². The molecule has 2 fully saturated rings. The molecule has 0 bridgehead atoms. The van der Waals surface area contributed by atoms with Gasteiger partial charge in [0.2, 0.25) is 20.0 Å². The van der Waals surface area contributed by atoms with Gasteiger partial charge in [0.25, 0.3) is 0 Å². The molecule has 0 spiro atoms. The molecule has 0 unspecified atom stereocenters. The van der Waals surface area contributed by atoms with Crippen LogP contribution in [0.2, 0.25) is 0 Å². The van der Waals surface area contributed by atoms with Gasteiger partial charge in [-0.3, -0.25) is 24.8 Å². The maximum atomic E-state index is 12.2. The summed E-state index contributed by atoms with van der Waals surface area (Å²) in [7, 11) is -6.23. The number of nitrogens with zero attached hydrogens (tertiary/aromatic N) is 9. The lowest BCUT2D eigenvalue weighted by Gasteiger charge is -2.27. The zero-order valence-corrected chi connectivity index (χ0v) is 44.5. The van der Waals surface area contributed by atoms with Crippen LogP contribution in [0, 0.1) is 0 Å². The Balaban J connectivity index is 0.000000161. The number of anilines is 2. The molecular formula is C44H51Br4N11O6S2. The Morgan fingerprint density at radius 3 is 1.46 bits per heavy atom. The Kier molecular flexibility index (Phi) is 19.2. The van der Waals surface area contributed by atoms with E-state index in [1.165, 1.54) is 19.7 Å². The number of halogens is 4. The number of alkyl halides is 1. The van der Waals surface area contributed by atoms with E-state index in [0.29, 0.717) is 50.9 Å². The van der Waals surface area contributed by atoms with Crippen LogP contribution in [0.15, 0.2) is 93.3 Å². The number of amides is 4. The molecule has 17 nitrogen and oxygen atoms in total. The molecule has 5 aromatic heterocycles. The Bertz CT molecular complexity index is 2760. The van der Waals surface area contributed by atoms with E-state index in [-0.39, 0.29) is 11.5 Å². The average molecular weight is 1210 g/mol. The molecule has 4 amide bonds. The summed E-state index contributed by atoms with van der Waals surface area (Å²) in [5, 5.41) is 0.861. The fourth-order valence-electron chi connectivity index (χ4n) is 7.73. The van der Waals surface area contributed by atoms with Gasteiger partial charge >= 0.3 is 12.1 Å². The van der Waals surface area contributed by atoms with Crippen LogP contribution in [0.1, 0.15) is 66.3 Å². The Morgan fingerprint density at radius 2 is 0.970 bits per heavy atom. The molecule has 9 rings (SSSR count). The van der Waals surface area contributed by atoms with Gasteiger partial charge < -0.3 is 11.5 Å². The molecule has 358 valence electrons. The summed E-state index contributed by atoms with van der Waals surface area (Å²) in [5.74, 6) is 1.80. The van der Waals surface area contributed by atoms with Gasteiger partial charge in [0, 0.05) is 119 Å². The number of carbonyl (C=O) groups excluding carboxylic acids is 2. The third-order valence-electron chi connectivity index (χ3n) is 11.0. The minimum absolute atomic E-state index is 0.214. The van der Waals surface area contributed by atoms with E-state index in [4.69, 9.17) is 11.5 Å². The Morgan fingerprint density at radius 1 is 0.522 bits per heavy atom. The molecule has 4 aliphatic rings. The van der Waals surface area contributed by atoms with Crippen molar-refractivity contribution in [3.63, 3.8) is 0 Å². The number of fused-ring (bicyclic) bond motifs is 2. The second-order valence-electron chi connectivity index (χ2n) is 16.0. The molecule has 0 saturated carbocycles. The SMILES string of the molecule is BrCc1cncc(Br)c1.NC(=O)N1CCCc2cc(-c3cncc(CN4CCCCS4(=O)=O)c3)cnc21.NC(=O)N1CCCc2cc(Br)cnc21.O=S1(=O)CCCCN1Cc1cncc(Br)c1. The molecule has 0 aliphatic carbocycles. The van der Waals surface area contributed by atoms with E-state index in [2.05, 4.69) is 88.6 Å². The fourth-order valence-corrected chi connectivity index (χ4v) is 12.4. The second-order valence-corrected chi connectivity index (χ2v) is 23.5. The second kappa shape index (κ2) is 24.5. The molecule has 9 heterocycles. The first-order valence-electron chi connectivity index (χ1n) is 21.4. The highest BCUT2D eigenvalue weighted by Crippen LogP contribution is 2.30. The number of sulfonamides is 2. The number of hydrogen-bond donors (Lipinski definition) is 2. The summed E-state index contributed by atoms with van der Waals surface area (Å²) in [6, 6.07) is 8.95. The number of nitrogens with two attached hydrogens (primary N) is 2. The van der Waals surface area contributed by atoms with E-state index in [1.54, 1.807) is 47.7 Å². The van der Waals surface area contributed by atoms with Crippen molar-refractivity contribution >= 4 is 107 Å². The number of pyridine rings is 5. The Labute approximate surface area is 425 Å². The molecule has 0 atom stereocenters. The van der Waals surface area contributed by atoms with Crippen molar-refractivity contribution in [2.75, 3.05) is 47.5 Å². The summed E-state index contributed by atoms with van der Waals surface area (Å²) < 4.78 is 53.9. The van der Waals surface area contributed by atoms with Gasteiger partial charge in [-0.2, -0.15) is 8.61 Å². The first kappa shape index (κ1) is 52.4. The predicted octanol–water partition coefficient (Wildman–Crippen LogP) is 8.08. The van der Waals surface area contributed by atoms with Crippen molar-refractivity contribution in [2.24, 2.45) is 11.5 Å². The topological polar surface area (TPSA) is 232 Å². The normalized spacial score (nSPS) is 17.4. The van der Waals surface area contributed by atoms with Gasteiger partial charge in [-0.25, -0.2) is 36.4 Å². The van der Waals surface area contributed by atoms with Crippen molar-refractivity contribution in [1.29, 1.82) is 0 Å². The highest BCUT2D eigenvalue weighted by atomic mass is 79.9. The largest absolute Gasteiger partial charge is 0.351 e. The number of rotatable bonds is 6. The summed E-state index contributed by atoms with van der Waals surface area (Å²) in [5.41, 5.74) is 17.5. The Hall–Kier alpha value is -3.97. The first-order chi connectivity index (χ1) is 32.0. The van der Waals surface area contributed by atoms with Crippen molar-refractivity contribution in [2.45, 2.75) is 69.8 Å². The maximum Gasteiger partial charge on any atom is 0.320 e. The van der Waals surface area contributed by atoms with Gasteiger partial charge in [-0.15, -0.1) is 0 Å². The lowest BCUT2D eigenvalue weighted by molar-refractivity contribution is 0.252. The van der Waals surface area contributed by atoms with Gasteiger partial charge in [0.05, 0.1) is 11.5 Å². The molecule has 0 radical (unpaired) electrons. The van der Waals surface area contributed by atoms with Crippen LogP contribution in [0.25, 0.3) is 11.1 Å². The lowest BCUT2D eigenvalue weighted by atomic mass is 10.0. The van der Waals surface area contributed by atoms with Crippen molar-refractivity contribution < 1.29 is 26.4 Å². The zero-order chi connectivity index (χ0) is 48.1. The lowest BCUT2D eigenvalue weighted by Crippen LogP contribution is -2.40. The molecule has 2 saturated heterocycles. The monoisotopic (exact) mass is 1210 g/mol. The van der Waals surface area contributed by atoms with Crippen molar-refractivity contribution in [3.05, 3.63) is 121 Å². The van der Waals surface area contributed by atoms with Gasteiger partial charge in [0.15, 0.2) is 0 Å². The van der Waals surface area contributed by atoms with E-state index < -0.39 is 32.1 Å². The number of aryl methyl sites for hydroxylation is 2. The van der Waals surface area contributed by atoms with Crippen LogP contribution in [0.5, 0.6) is 0 Å². The van der Waals surface area contributed by atoms with Gasteiger partial charge in [-0.1, -0.05) is 15.9 Å². The van der Waals surface area contributed by atoms with Gasteiger partial charge in [-0.05, 0) is 157 Å². The standard InChI is InChI=1S/C19H23N5O3S.C10H13BrN2O2S.C9H10BrN3O.C6H5Br2N/c20-19(25)24-6-3-4-15-9-17(12-22-18(15)24)16-8-14(10-21-11-16)13-23-5-1-2-7-28(23,26)27;11-10-5-9(6-12-7-10)8-13-3-1-2-4-16(13,14)15;10-7-4-6-2-1-3-13(9(11)14)8(6)12-5-7;7-2-5-1-6(8)4-9-3-5/h8-12H,1-7,13H2,(H2,20,25);5-7H,1-4,8H2;4-5H,1-3H2,(H2,11,14);1,3-4H,2H2. The van der Waals surface area contributed by atoms with E-state index in [9.17, 15) is 26.4 Å². The van der Waals surface area contributed by atoms with Crippen LogP contribution < -0.4 is 21.3 Å². The minimum Gasteiger partial charge on any atom is -0.351 e. The van der Waals surface area contributed by atoms with Crippen LogP contribution in [0.3, 0.4) is 0 Å². The third kappa shape index (κ3) is 15.0. The van der Waals surface area contributed by atoms with Crippen molar-refractivity contribution in [1.82, 2.24) is 33.5 Å². The zero-order valence-electron chi connectivity index (χ0n) is 36.5. The quantitative estimate of drug-likeness (QED) is 0.154. The average Bonchev–Trinajstić information content (AvgIpc) is 3.30. The summed E-state index contributed by atoms with van der Waals surface area (Å²) in [6.45, 7) is 3.17. The summed E-state index contributed by atoms with van der Waals surface area (Å²) >= 11 is 13.3. The maximum absolute atomic E-state index is 12.2. The highest BCUT2D eigenvalue weighted by Gasteiger charge is 2.28. The molecule has 4 aliphatic heterocycles. The van der Waals surface area contributed by atoms with Gasteiger partial charge in [0.1, 0.15) is 11.6 Å². The van der Waals surface area contributed by atoms with Crippen LogP contribution in [0.4, 0.5) is 21.2 Å². The number of aromatic nitrogens is 5. The molecule has 4 N–H and O–H groups in total. The number of primary amides is 2. The van der Waals surface area contributed by atoms with Crippen LogP contribution in [-0.4, -0.2) is 100 Å². The minimum atomic E-state index is -3.18. The smallest absolute Gasteiger partial charge is 0.320 e. The summed E-state index contributed by atoms with van der Waals surface area (Å²) in [6.07, 6.45) is 20.7. The molecule has 0 aromatic carbocycles. The third-order valence-corrected chi connectivity index (χ3v) is 16.7. The van der Waals surface area contributed by atoms with E-state index >= 15 is 0 Å². The van der Waals surface area contributed by atoms with Crippen molar-refractivity contribution in [3.8, 4) is 11.1 Å². The number of carbonyl (C=O) groups is 2. The van der Waals surface area contributed by atoms with E-state index in [1.807, 2.05) is 36.5 Å². The first-order valence-corrected chi connectivity index (χ1v) is 28.2. The molecule has 5 aromatic rings. The molecule has 23 heteroatoms. The summed E-state index contributed by atoms with van der Waals surface area (Å²) in [4.78, 5) is 46.7. The van der Waals surface area contributed by atoms with Crippen LogP contribution >= 0.6 is 63.7 Å². The molecule has 67 heavy (non-hydrogen) atoms. The highest BCUT2D eigenvalue weighted by molar-refractivity contribution is 9.11. The molecular weight excluding hydrogens is 1160 g/mol.